The molecule has 0 spiro atoms. The highest BCUT2D eigenvalue weighted by Gasteiger charge is 2.05. The fraction of sp³-hybridized carbons (Fsp3) is 0.250. The van der Waals surface area contributed by atoms with E-state index in [1.54, 1.807) is 26.4 Å². The molecule has 0 aromatic heterocycles. The summed E-state index contributed by atoms with van der Waals surface area (Å²) in [7, 11) is 3.20. The minimum absolute atomic E-state index is 0.0520. The second-order valence-corrected chi connectivity index (χ2v) is 4.61. The number of nitrogens with one attached hydrogen (secondary N) is 1. The van der Waals surface area contributed by atoms with E-state index >= 15 is 0 Å². The molecule has 5 heteroatoms. The number of phenols is 2. The molecule has 2 aromatic rings. The predicted octanol–water partition coefficient (Wildman–Crippen LogP) is 2.40. The summed E-state index contributed by atoms with van der Waals surface area (Å²) in [5.74, 6) is 1.51. The Hall–Kier alpha value is -2.40. The van der Waals surface area contributed by atoms with Gasteiger partial charge in [0.25, 0.3) is 0 Å². The molecule has 0 aliphatic rings. The van der Waals surface area contributed by atoms with Crippen LogP contribution in [0.15, 0.2) is 36.4 Å². The van der Waals surface area contributed by atoms with Crippen molar-refractivity contribution in [1.82, 2.24) is 5.32 Å². The summed E-state index contributed by atoms with van der Waals surface area (Å²) in [6.07, 6.45) is 0. The smallest absolute Gasteiger partial charge is 0.161 e. The standard InChI is InChI=1S/C16H19NO4/c1-20-15-6-3-11(7-16(15)21-2)9-17-10-12-4-5-13(18)8-14(12)19/h3-8,17-19H,9-10H2,1-2H3. The van der Waals surface area contributed by atoms with Crippen LogP contribution < -0.4 is 14.8 Å². The minimum Gasteiger partial charge on any atom is -0.508 e. The Morgan fingerprint density at radius 2 is 1.67 bits per heavy atom. The number of hydrogen-bond acceptors (Lipinski definition) is 5. The molecule has 0 fully saturated rings. The Bertz CT molecular complexity index is 613. The lowest BCUT2D eigenvalue weighted by Gasteiger charge is -2.11. The first kappa shape index (κ1) is 15.0. The highest BCUT2D eigenvalue weighted by atomic mass is 16.5. The average molecular weight is 289 g/mol. The zero-order chi connectivity index (χ0) is 15.2. The fourth-order valence-electron chi connectivity index (χ4n) is 2.03. The summed E-state index contributed by atoms with van der Waals surface area (Å²) in [4.78, 5) is 0. The quantitative estimate of drug-likeness (QED) is 0.761. The molecule has 21 heavy (non-hydrogen) atoms. The van der Waals surface area contributed by atoms with E-state index in [9.17, 15) is 10.2 Å². The van der Waals surface area contributed by atoms with E-state index < -0.39 is 0 Å². The van der Waals surface area contributed by atoms with E-state index in [2.05, 4.69) is 5.32 Å². The lowest BCUT2D eigenvalue weighted by atomic mass is 10.1. The number of hydrogen-bond donors (Lipinski definition) is 3. The van der Waals surface area contributed by atoms with E-state index in [-0.39, 0.29) is 11.5 Å². The van der Waals surface area contributed by atoms with Crippen molar-refractivity contribution in [3.8, 4) is 23.0 Å². The van der Waals surface area contributed by atoms with Crippen molar-refractivity contribution in [3.63, 3.8) is 0 Å². The van der Waals surface area contributed by atoms with Gasteiger partial charge in [0.05, 0.1) is 14.2 Å². The highest BCUT2D eigenvalue weighted by Crippen LogP contribution is 2.27. The molecule has 0 bridgehead atoms. The van der Waals surface area contributed by atoms with Gasteiger partial charge in [0, 0.05) is 24.7 Å². The van der Waals surface area contributed by atoms with E-state index in [4.69, 9.17) is 9.47 Å². The second kappa shape index (κ2) is 6.85. The molecule has 0 heterocycles. The summed E-state index contributed by atoms with van der Waals surface area (Å²) < 4.78 is 10.4. The van der Waals surface area contributed by atoms with Gasteiger partial charge in [-0.05, 0) is 23.8 Å². The van der Waals surface area contributed by atoms with Crippen molar-refractivity contribution in [3.05, 3.63) is 47.5 Å². The largest absolute Gasteiger partial charge is 0.508 e. The van der Waals surface area contributed by atoms with Crippen LogP contribution in [0.5, 0.6) is 23.0 Å². The van der Waals surface area contributed by atoms with Crippen LogP contribution in [-0.4, -0.2) is 24.4 Å². The Morgan fingerprint density at radius 3 is 2.33 bits per heavy atom. The van der Waals surface area contributed by atoms with Gasteiger partial charge in [-0.3, -0.25) is 0 Å². The molecule has 0 saturated carbocycles. The Balaban J connectivity index is 1.97. The summed E-state index contributed by atoms with van der Waals surface area (Å²) in [5.41, 5.74) is 1.78. The third-order valence-electron chi connectivity index (χ3n) is 3.16. The molecule has 2 rings (SSSR count). The SMILES string of the molecule is COc1ccc(CNCc2ccc(O)cc2O)cc1OC. The number of aromatic hydroxyl groups is 2. The van der Waals surface area contributed by atoms with E-state index in [0.29, 0.717) is 24.6 Å². The van der Waals surface area contributed by atoms with Gasteiger partial charge in [-0.15, -0.1) is 0 Å². The van der Waals surface area contributed by atoms with Crippen molar-refractivity contribution >= 4 is 0 Å². The summed E-state index contributed by atoms with van der Waals surface area (Å²) >= 11 is 0. The van der Waals surface area contributed by atoms with Gasteiger partial charge in [-0.2, -0.15) is 0 Å². The molecule has 0 saturated heterocycles. The Labute approximate surface area is 123 Å². The van der Waals surface area contributed by atoms with Crippen molar-refractivity contribution in [2.75, 3.05) is 14.2 Å². The van der Waals surface area contributed by atoms with Gasteiger partial charge in [0.15, 0.2) is 11.5 Å². The van der Waals surface area contributed by atoms with Crippen molar-refractivity contribution in [2.24, 2.45) is 0 Å². The van der Waals surface area contributed by atoms with Crippen molar-refractivity contribution < 1.29 is 19.7 Å². The minimum atomic E-state index is 0.0520. The maximum atomic E-state index is 9.70. The maximum Gasteiger partial charge on any atom is 0.161 e. The normalized spacial score (nSPS) is 10.4. The van der Waals surface area contributed by atoms with Crippen LogP contribution in [0.2, 0.25) is 0 Å². The monoisotopic (exact) mass is 289 g/mol. The van der Waals surface area contributed by atoms with Crippen LogP contribution >= 0.6 is 0 Å². The number of ether oxygens (including phenoxy) is 2. The van der Waals surface area contributed by atoms with E-state index in [1.807, 2.05) is 18.2 Å². The zero-order valence-electron chi connectivity index (χ0n) is 12.1. The first-order valence-corrected chi connectivity index (χ1v) is 6.56. The summed E-state index contributed by atoms with van der Waals surface area (Å²) in [6.45, 7) is 1.13. The molecule has 0 aliphatic heterocycles. The maximum absolute atomic E-state index is 9.70. The van der Waals surface area contributed by atoms with Gasteiger partial charge in [0.2, 0.25) is 0 Å². The predicted molar refractivity (Wildman–Crippen MR) is 79.9 cm³/mol. The average Bonchev–Trinajstić information content (AvgIpc) is 2.49. The molecule has 0 atom stereocenters. The van der Waals surface area contributed by atoms with Gasteiger partial charge in [0.1, 0.15) is 11.5 Å². The Kier molecular flexibility index (Phi) is 4.90. The van der Waals surface area contributed by atoms with Gasteiger partial charge in [-0.1, -0.05) is 12.1 Å². The molecule has 0 amide bonds. The van der Waals surface area contributed by atoms with E-state index in [0.717, 1.165) is 11.1 Å². The molecule has 3 N–H and O–H groups in total. The molecule has 0 aliphatic carbocycles. The van der Waals surface area contributed by atoms with Crippen molar-refractivity contribution in [2.45, 2.75) is 13.1 Å². The first-order valence-electron chi connectivity index (χ1n) is 6.56. The molecular weight excluding hydrogens is 270 g/mol. The number of rotatable bonds is 6. The third-order valence-corrected chi connectivity index (χ3v) is 3.16. The molecule has 0 unspecified atom stereocenters. The van der Waals surface area contributed by atoms with Crippen molar-refractivity contribution in [1.29, 1.82) is 0 Å². The number of benzene rings is 2. The topological polar surface area (TPSA) is 71.0 Å². The van der Waals surface area contributed by atoms with Gasteiger partial charge >= 0.3 is 0 Å². The zero-order valence-corrected chi connectivity index (χ0v) is 12.1. The fourth-order valence-corrected chi connectivity index (χ4v) is 2.03. The van der Waals surface area contributed by atoms with Crippen LogP contribution in [0, 0.1) is 0 Å². The van der Waals surface area contributed by atoms with Gasteiger partial charge in [-0.25, -0.2) is 0 Å². The molecule has 0 radical (unpaired) electrons. The van der Waals surface area contributed by atoms with E-state index in [1.165, 1.54) is 6.07 Å². The van der Waals surface area contributed by atoms with Crippen LogP contribution in [0.25, 0.3) is 0 Å². The molecule has 2 aromatic carbocycles. The summed E-state index contributed by atoms with van der Waals surface area (Å²) in [5, 5.41) is 22.2. The van der Waals surface area contributed by atoms with Gasteiger partial charge < -0.3 is 25.0 Å². The Morgan fingerprint density at radius 1 is 0.905 bits per heavy atom. The first-order chi connectivity index (χ1) is 10.1. The van der Waals surface area contributed by atoms with Crippen LogP contribution in [0.3, 0.4) is 0 Å². The summed E-state index contributed by atoms with van der Waals surface area (Å²) in [6, 6.07) is 10.3. The molecule has 5 nitrogen and oxygen atoms in total. The second-order valence-electron chi connectivity index (χ2n) is 4.61. The van der Waals surface area contributed by atoms with Crippen LogP contribution in [-0.2, 0) is 13.1 Å². The molecule has 112 valence electrons. The number of phenolic OH excluding ortho intramolecular Hbond substituents is 2. The van der Waals surface area contributed by atoms with Crippen LogP contribution in [0.4, 0.5) is 0 Å². The number of methoxy groups -OCH3 is 2. The highest BCUT2D eigenvalue weighted by molar-refractivity contribution is 5.43. The third kappa shape index (κ3) is 3.79. The van der Waals surface area contributed by atoms with Crippen LogP contribution in [0.1, 0.15) is 11.1 Å². The lowest BCUT2D eigenvalue weighted by Crippen LogP contribution is -2.12. The molecular formula is C16H19NO4. The lowest BCUT2D eigenvalue weighted by molar-refractivity contribution is 0.354.